The van der Waals surface area contributed by atoms with Crippen molar-refractivity contribution in [2.75, 3.05) is 13.1 Å². The minimum absolute atomic E-state index is 0.109. The number of hydrogen-bond donors (Lipinski definition) is 1. The summed E-state index contributed by atoms with van der Waals surface area (Å²) >= 11 is 0. The molecule has 0 spiro atoms. The van der Waals surface area contributed by atoms with E-state index in [2.05, 4.69) is 10.3 Å². The van der Waals surface area contributed by atoms with E-state index in [4.69, 9.17) is 0 Å². The predicted octanol–water partition coefficient (Wildman–Crippen LogP) is 1.82. The third-order valence-electron chi connectivity index (χ3n) is 3.60. The first-order valence-electron chi connectivity index (χ1n) is 7.09. The zero-order valence-electron chi connectivity index (χ0n) is 11.8. The number of nitrogens with zero attached hydrogens (tertiary/aromatic N) is 2. The standard InChI is InChI=1S/C15H23N3O/c1-12(2)15(19)18-9-6-13(7-10-18)17-11-14-5-3-4-8-16-14/h3-5,8,12-13,17H,6-7,9-11H2,1-2H3. The minimum Gasteiger partial charge on any atom is -0.342 e. The van der Waals surface area contributed by atoms with Crippen LogP contribution in [0.25, 0.3) is 0 Å². The maximum atomic E-state index is 11.9. The molecule has 1 aromatic heterocycles. The van der Waals surface area contributed by atoms with E-state index < -0.39 is 0 Å². The van der Waals surface area contributed by atoms with Crippen LogP contribution < -0.4 is 5.32 Å². The van der Waals surface area contributed by atoms with Crippen molar-refractivity contribution in [3.05, 3.63) is 30.1 Å². The number of amides is 1. The lowest BCUT2D eigenvalue weighted by atomic mass is 10.0. The van der Waals surface area contributed by atoms with Gasteiger partial charge in [-0.15, -0.1) is 0 Å². The quantitative estimate of drug-likeness (QED) is 0.899. The Hall–Kier alpha value is -1.42. The van der Waals surface area contributed by atoms with E-state index in [0.29, 0.717) is 6.04 Å². The van der Waals surface area contributed by atoms with Crippen LogP contribution in [-0.2, 0) is 11.3 Å². The van der Waals surface area contributed by atoms with Crippen molar-refractivity contribution >= 4 is 5.91 Å². The van der Waals surface area contributed by atoms with Gasteiger partial charge < -0.3 is 10.2 Å². The molecule has 1 aliphatic heterocycles. The second-order valence-electron chi connectivity index (χ2n) is 5.46. The van der Waals surface area contributed by atoms with E-state index in [9.17, 15) is 4.79 Å². The molecule has 1 N–H and O–H groups in total. The van der Waals surface area contributed by atoms with Crippen molar-refractivity contribution in [3.8, 4) is 0 Å². The van der Waals surface area contributed by atoms with Gasteiger partial charge in [-0.2, -0.15) is 0 Å². The van der Waals surface area contributed by atoms with Gasteiger partial charge in [0.15, 0.2) is 0 Å². The summed E-state index contributed by atoms with van der Waals surface area (Å²) in [6.45, 7) is 6.49. The highest BCUT2D eigenvalue weighted by atomic mass is 16.2. The summed E-state index contributed by atoms with van der Waals surface area (Å²) in [6, 6.07) is 6.47. The zero-order chi connectivity index (χ0) is 13.7. The van der Waals surface area contributed by atoms with Crippen LogP contribution in [-0.4, -0.2) is 34.9 Å². The zero-order valence-corrected chi connectivity index (χ0v) is 11.8. The number of hydrogen-bond acceptors (Lipinski definition) is 3. The molecule has 4 nitrogen and oxygen atoms in total. The number of carbonyl (C=O) groups is 1. The van der Waals surface area contributed by atoms with Crippen molar-refractivity contribution in [1.29, 1.82) is 0 Å². The largest absolute Gasteiger partial charge is 0.342 e. The Morgan fingerprint density at radius 1 is 1.42 bits per heavy atom. The van der Waals surface area contributed by atoms with Gasteiger partial charge in [0.25, 0.3) is 0 Å². The average molecular weight is 261 g/mol. The molecule has 4 heteroatoms. The molecule has 1 aliphatic rings. The Balaban J connectivity index is 1.73. The van der Waals surface area contributed by atoms with Crippen LogP contribution in [0.3, 0.4) is 0 Å². The molecule has 0 saturated carbocycles. The fourth-order valence-electron chi connectivity index (χ4n) is 2.42. The maximum absolute atomic E-state index is 11.9. The van der Waals surface area contributed by atoms with E-state index in [1.165, 1.54) is 0 Å². The first-order valence-corrected chi connectivity index (χ1v) is 7.09. The van der Waals surface area contributed by atoms with E-state index in [1.54, 1.807) is 0 Å². The Kier molecular flexibility index (Phi) is 4.91. The summed E-state index contributed by atoms with van der Waals surface area (Å²) in [4.78, 5) is 18.2. The van der Waals surface area contributed by atoms with Crippen LogP contribution >= 0.6 is 0 Å². The molecular weight excluding hydrogens is 238 g/mol. The van der Waals surface area contributed by atoms with Gasteiger partial charge in [-0.3, -0.25) is 9.78 Å². The summed E-state index contributed by atoms with van der Waals surface area (Å²) in [5, 5.41) is 3.53. The molecular formula is C15H23N3O. The van der Waals surface area contributed by atoms with Crippen LogP contribution in [0, 0.1) is 5.92 Å². The van der Waals surface area contributed by atoms with E-state index in [0.717, 1.165) is 38.2 Å². The Bertz CT molecular complexity index is 397. The average Bonchev–Trinajstić information content (AvgIpc) is 2.46. The molecule has 0 atom stereocenters. The molecule has 0 bridgehead atoms. The van der Waals surface area contributed by atoms with E-state index in [-0.39, 0.29) is 11.8 Å². The topological polar surface area (TPSA) is 45.2 Å². The van der Waals surface area contributed by atoms with Crippen LogP contribution in [0.4, 0.5) is 0 Å². The molecule has 104 valence electrons. The fourth-order valence-corrected chi connectivity index (χ4v) is 2.42. The highest BCUT2D eigenvalue weighted by Crippen LogP contribution is 2.13. The molecule has 1 aromatic rings. The number of aromatic nitrogens is 1. The summed E-state index contributed by atoms with van der Waals surface area (Å²) in [5.74, 6) is 0.390. The SMILES string of the molecule is CC(C)C(=O)N1CCC(NCc2ccccn2)CC1. The first kappa shape index (κ1) is 14.0. The van der Waals surface area contributed by atoms with Crippen molar-refractivity contribution in [2.24, 2.45) is 5.92 Å². The van der Waals surface area contributed by atoms with Gasteiger partial charge in [0.2, 0.25) is 5.91 Å². The number of rotatable bonds is 4. The van der Waals surface area contributed by atoms with Gasteiger partial charge in [0.05, 0.1) is 5.69 Å². The van der Waals surface area contributed by atoms with Crippen LogP contribution in [0.1, 0.15) is 32.4 Å². The second-order valence-corrected chi connectivity index (χ2v) is 5.46. The molecule has 2 heterocycles. The Morgan fingerprint density at radius 2 is 2.16 bits per heavy atom. The third kappa shape index (κ3) is 4.03. The molecule has 1 saturated heterocycles. The monoisotopic (exact) mass is 261 g/mol. The highest BCUT2D eigenvalue weighted by molar-refractivity contribution is 5.78. The van der Waals surface area contributed by atoms with Crippen molar-refractivity contribution < 1.29 is 4.79 Å². The predicted molar refractivity (Wildman–Crippen MR) is 75.5 cm³/mol. The van der Waals surface area contributed by atoms with Gasteiger partial charge in [-0.1, -0.05) is 19.9 Å². The number of pyridine rings is 1. The second kappa shape index (κ2) is 6.66. The van der Waals surface area contributed by atoms with Gasteiger partial charge in [-0.25, -0.2) is 0 Å². The summed E-state index contributed by atoms with van der Waals surface area (Å²) in [7, 11) is 0. The molecule has 0 aromatic carbocycles. The van der Waals surface area contributed by atoms with Crippen molar-refractivity contribution in [3.63, 3.8) is 0 Å². The van der Waals surface area contributed by atoms with Gasteiger partial charge in [0.1, 0.15) is 0 Å². The smallest absolute Gasteiger partial charge is 0.225 e. The van der Waals surface area contributed by atoms with Gasteiger partial charge in [0, 0.05) is 37.8 Å². The third-order valence-corrected chi connectivity index (χ3v) is 3.60. The molecule has 1 amide bonds. The number of carbonyl (C=O) groups excluding carboxylic acids is 1. The lowest BCUT2D eigenvalue weighted by Gasteiger charge is -2.33. The van der Waals surface area contributed by atoms with Gasteiger partial charge in [-0.05, 0) is 25.0 Å². The highest BCUT2D eigenvalue weighted by Gasteiger charge is 2.23. The van der Waals surface area contributed by atoms with Crippen LogP contribution in [0.5, 0.6) is 0 Å². The fraction of sp³-hybridized carbons (Fsp3) is 0.600. The number of piperidine rings is 1. The molecule has 0 unspecified atom stereocenters. The minimum atomic E-state index is 0.109. The molecule has 0 radical (unpaired) electrons. The van der Waals surface area contributed by atoms with Crippen LogP contribution in [0.2, 0.25) is 0 Å². The van der Waals surface area contributed by atoms with Crippen molar-refractivity contribution in [2.45, 2.75) is 39.3 Å². The number of nitrogens with one attached hydrogen (secondary N) is 1. The van der Waals surface area contributed by atoms with Crippen LogP contribution in [0.15, 0.2) is 24.4 Å². The van der Waals surface area contributed by atoms with E-state index >= 15 is 0 Å². The van der Waals surface area contributed by atoms with Crippen molar-refractivity contribution in [1.82, 2.24) is 15.2 Å². The summed E-state index contributed by atoms with van der Waals surface area (Å²) < 4.78 is 0. The van der Waals surface area contributed by atoms with E-state index in [1.807, 2.05) is 43.1 Å². The molecule has 1 fully saturated rings. The maximum Gasteiger partial charge on any atom is 0.225 e. The Labute approximate surface area is 115 Å². The molecule has 2 rings (SSSR count). The normalized spacial score (nSPS) is 16.9. The first-order chi connectivity index (χ1) is 9.16. The number of likely N-dealkylation sites (tertiary alicyclic amines) is 1. The lowest BCUT2D eigenvalue weighted by molar-refractivity contribution is -0.135. The Morgan fingerprint density at radius 3 is 2.74 bits per heavy atom. The van der Waals surface area contributed by atoms with Gasteiger partial charge >= 0.3 is 0 Å². The summed E-state index contributed by atoms with van der Waals surface area (Å²) in [5.41, 5.74) is 1.07. The summed E-state index contributed by atoms with van der Waals surface area (Å²) in [6.07, 6.45) is 3.89. The lowest BCUT2D eigenvalue weighted by Crippen LogP contribution is -2.46. The molecule has 19 heavy (non-hydrogen) atoms. The molecule has 0 aliphatic carbocycles.